The van der Waals surface area contributed by atoms with Crippen LogP contribution in [-0.4, -0.2) is 37.1 Å². The zero-order valence-electron chi connectivity index (χ0n) is 15.5. The Balaban J connectivity index is 2.14. The lowest BCUT2D eigenvalue weighted by atomic mass is 9.86. The number of ether oxygens (including phenoxy) is 1. The number of fused-ring (bicyclic) bond motifs is 1. The van der Waals surface area contributed by atoms with Gasteiger partial charge in [-0.05, 0) is 18.2 Å². The van der Waals surface area contributed by atoms with Crippen molar-refractivity contribution in [2.24, 2.45) is 5.41 Å². The van der Waals surface area contributed by atoms with Gasteiger partial charge in [0.25, 0.3) is 0 Å². The molecule has 2 heterocycles. The number of carbonyl (C=O) groups is 1. The number of para-hydroxylation sites is 1. The van der Waals surface area contributed by atoms with E-state index in [-0.39, 0.29) is 11.4 Å². The van der Waals surface area contributed by atoms with Crippen LogP contribution in [0.5, 0.6) is 0 Å². The Labute approximate surface area is 153 Å². The van der Waals surface area contributed by atoms with E-state index in [0.29, 0.717) is 13.2 Å². The van der Waals surface area contributed by atoms with Gasteiger partial charge in [-0.15, -0.1) is 0 Å². The summed E-state index contributed by atoms with van der Waals surface area (Å²) in [5, 5.41) is 10.5. The molecule has 1 fully saturated rings. The Hall–Kier alpha value is -2.71. The van der Waals surface area contributed by atoms with Gasteiger partial charge < -0.3 is 9.64 Å². The average Bonchev–Trinajstić information content (AvgIpc) is 2.64. The van der Waals surface area contributed by atoms with Crippen LogP contribution >= 0.6 is 0 Å². The van der Waals surface area contributed by atoms with E-state index >= 15 is 0 Å². The number of carbonyl (C=O) groups excluding carboxylic acids is 1. The van der Waals surface area contributed by atoms with Crippen molar-refractivity contribution < 1.29 is 9.53 Å². The average molecular weight is 349 g/mol. The zero-order chi connectivity index (χ0) is 18.7. The van der Waals surface area contributed by atoms with E-state index in [0.717, 1.165) is 35.4 Å². The summed E-state index contributed by atoms with van der Waals surface area (Å²) in [4.78, 5) is 19.6. The lowest BCUT2D eigenvalue weighted by Crippen LogP contribution is -2.37. The largest absolute Gasteiger partial charge is 0.378 e. The molecule has 0 N–H and O–H groups in total. The number of nitriles is 1. The standard InChI is InChI=1S/C21H23N3O2/c1-21(2,3)19(25)17(14-22)13-16-12-15-6-4-5-7-18(15)23-20(16)24-8-10-26-11-9-24/h4-7,12-13H,8-11H2,1-3H3/b17-13+. The van der Waals surface area contributed by atoms with E-state index in [4.69, 9.17) is 9.72 Å². The Morgan fingerprint density at radius 1 is 1.27 bits per heavy atom. The van der Waals surface area contributed by atoms with Gasteiger partial charge in [-0.3, -0.25) is 4.79 Å². The molecule has 0 unspecified atom stereocenters. The minimum atomic E-state index is -0.606. The molecule has 26 heavy (non-hydrogen) atoms. The van der Waals surface area contributed by atoms with Crippen LogP contribution in [-0.2, 0) is 9.53 Å². The van der Waals surface area contributed by atoms with Crippen LogP contribution in [0.4, 0.5) is 5.82 Å². The summed E-state index contributed by atoms with van der Waals surface area (Å²) in [7, 11) is 0. The van der Waals surface area contributed by atoms with Gasteiger partial charge in [0.15, 0.2) is 5.78 Å². The van der Waals surface area contributed by atoms with Crippen LogP contribution in [0.25, 0.3) is 17.0 Å². The highest BCUT2D eigenvalue weighted by Crippen LogP contribution is 2.28. The molecule has 2 aromatic rings. The maximum Gasteiger partial charge on any atom is 0.178 e. The highest BCUT2D eigenvalue weighted by Gasteiger charge is 2.26. The van der Waals surface area contributed by atoms with Gasteiger partial charge in [0.2, 0.25) is 0 Å². The number of pyridine rings is 1. The van der Waals surface area contributed by atoms with Gasteiger partial charge in [-0.1, -0.05) is 39.0 Å². The van der Waals surface area contributed by atoms with Crippen LogP contribution in [0.2, 0.25) is 0 Å². The first-order chi connectivity index (χ1) is 12.4. The third kappa shape index (κ3) is 3.76. The Bertz CT molecular complexity index is 898. The van der Waals surface area contributed by atoms with Crippen LogP contribution in [0, 0.1) is 16.7 Å². The lowest BCUT2D eigenvalue weighted by molar-refractivity contribution is -0.121. The van der Waals surface area contributed by atoms with Crippen LogP contribution in [0.1, 0.15) is 26.3 Å². The number of allylic oxidation sites excluding steroid dienone is 1. The molecular weight excluding hydrogens is 326 g/mol. The highest BCUT2D eigenvalue weighted by atomic mass is 16.5. The monoisotopic (exact) mass is 349 g/mol. The number of nitrogens with zero attached hydrogens (tertiary/aromatic N) is 3. The van der Waals surface area contributed by atoms with E-state index < -0.39 is 5.41 Å². The van der Waals surface area contributed by atoms with Crippen molar-refractivity contribution in [3.05, 3.63) is 41.5 Å². The number of anilines is 1. The molecule has 1 aromatic heterocycles. The van der Waals surface area contributed by atoms with Crippen molar-refractivity contribution in [2.75, 3.05) is 31.2 Å². The fraction of sp³-hybridized carbons (Fsp3) is 0.381. The quantitative estimate of drug-likeness (QED) is 0.626. The van der Waals surface area contributed by atoms with Crippen molar-refractivity contribution in [1.29, 1.82) is 5.26 Å². The molecule has 0 radical (unpaired) electrons. The van der Waals surface area contributed by atoms with Gasteiger partial charge in [-0.25, -0.2) is 4.98 Å². The van der Waals surface area contributed by atoms with Crippen LogP contribution in [0.3, 0.4) is 0 Å². The molecule has 0 atom stereocenters. The van der Waals surface area contributed by atoms with Crippen LogP contribution < -0.4 is 4.90 Å². The van der Waals surface area contributed by atoms with Gasteiger partial charge in [0.05, 0.1) is 24.3 Å². The second-order valence-electron chi connectivity index (χ2n) is 7.44. The first-order valence-electron chi connectivity index (χ1n) is 8.79. The van der Waals surface area contributed by atoms with Gasteiger partial charge >= 0.3 is 0 Å². The number of morpholine rings is 1. The SMILES string of the molecule is CC(C)(C)C(=O)/C(C#N)=C/c1cc2ccccc2nc1N1CCOCC1. The maximum absolute atomic E-state index is 12.6. The predicted molar refractivity (Wildman–Crippen MR) is 103 cm³/mol. The minimum Gasteiger partial charge on any atom is -0.378 e. The number of rotatable bonds is 3. The van der Waals surface area contributed by atoms with Gasteiger partial charge in [0.1, 0.15) is 11.9 Å². The van der Waals surface area contributed by atoms with Crippen molar-refractivity contribution in [3.63, 3.8) is 0 Å². The fourth-order valence-corrected chi connectivity index (χ4v) is 2.96. The molecule has 1 aliphatic rings. The number of hydrogen-bond acceptors (Lipinski definition) is 5. The van der Waals surface area contributed by atoms with E-state index in [1.807, 2.05) is 51.1 Å². The Morgan fingerprint density at radius 3 is 2.62 bits per heavy atom. The summed E-state index contributed by atoms with van der Waals surface area (Å²) in [6, 6.07) is 11.9. The molecule has 0 amide bonds. The lowest BCUT2D eigenvalue weighted by Gasteiger charge is -2.29. The summed E-state index contributed by atoms with van der Waals surface area (Å²) in [6.45, 7) is 8.22. The molecule has 0 saturated carbocycles. The summed E-state index contributed by atoms with van der Waals surface area (Å²) >= 11 is 0. The molecule has 0 aliphatic carbocycles. The number of Topliss-reactive ketones (excluding diaryl/α,β-unsaturated/α-hetero) is 1. The van der Waals surface area contributed by atoms with Gasteiger partial charge in [-0.2, -0.15) is 5.26 Å². The summed E-state index contributed by atoms with van der Waals surface area (Å²) in [5.74, 6) is 0.627. The molecule has 1 aromatic carbocycles. The highest BCUT2D eigenvalue weighted by molar-refractivity contribution is 6.07. The minimum absolute atomic E-state index is 0.157. The topological polar surface area (TPSA) is 66.2 Å². The molecule has 3 rings (SSSR count). The van der Waals surface area contributed by atoms with Crippen molar-refractivity contribution in [2.45, 2.75) is 20.8 Å². The smallest absolute Gasteiger partial charge is 0.178 e. The zero-order valence-corrected chi connectivity index (χ0v) is 15.5. The second-order valence-corrected chi connectivity index (χ2v) is 7.44. The normalized spacial score (nSPS) is 15.8. The molecule has 5 nitrogen and oxygen atoms in total. The number of benzene rings is 1. The third-order valence-electron chi connectivity index (χ3n) is 4.39. The van der Waals surface area contributed by atoms with E-state index in [1.54, 1.807) is 6.08 Å². The molecule has 0 bridgehead atoms. The third-order valence-corrected chi connectivity index (χ3v) is 4.39. The Kier molecular flexibility index (Phi) is 5.06. The molecular formula is C21H23N3O2. The van der Waals surface area contributed by atoms with E-state index in [2.05, 4.69) is 11.0 Å². The molecule has 1 aliphatic heterocycles. The summed E-state index contributed by atoms with van der Waals surface area (Å²) in [6.07, 6.45) is 1.68. The fourth-order valence-electron chi connectivity index (χ4n) is 2.96. The van der Waals surface area contributed by atoms with Crippen LogP contribution in [0.15, 0.2) is 35.9 Å². The summed E-state index contributed by atoms with van der Waals surface area (Å²) in [5.41, 5.74) is 1.24. The second kappa shape index (κ2) is 7.27. The molecule has 1 saturated heterocycles. The summed E-state index contributed by atoms with van der Waals surface area (Å²) < 4.78 is 5.44. The molecule has 134 valence electrons. The molecule has 0 spiro atoms. The van der Waals surface area contributed by atoms with E-state index in [9.17, 15) is 10.1 Å². The predicted octanol–water partition coefficient (Wildman–Crippen LogP) is 3.59. The van der Waals surface area contributed by atoms with Crippen molar-refractivity contribution in [1.82, 2.24) is 4.98 Å². The van der Waals surface area contributed by atoms with Crippen molar-refractivity contribution >= 4 is 28.6 Å². The number of aromatic nitrogens is 1. The van der Waals surface area contributed by atoms with E-state index in [1.165, 1.54) is 0 Å². The first kappa shape index (κ1) is 18.1. The van der Waals surface area contributed by atoms with Crippen molar-refractivity contribution in [3.8, 4) is 6.07 Å². The molecule has 5 heteroatoms. The Morgan fingerprint density at radius 2 is 1.96 bits per heavy atom. The number of ketones is 1. The van der Waals surface area contributed by atoms with Gasteiger partial charge in [0, 0.05) is 29.5 Å². The maximum atomic E-state index is 12.6. The first-order valence-corrected chi connectivity index (χ1v) is 8.79. The number of hydrogen-bond donors (Lipinski definition) is 0.